The molecule has 0 amide bonds. The Balaban J connectivity index is 2.83. The molecule has 0 heterocycles. The largest absolute Gasteiger partial charge is 0.161 e. The summed E-state index contributed by atoms with van der Waals surface area (Å²) in [6, 6.07) is 0. The Bertz CT molecular complexity index is 103. The fourth-order valence-corrected chi connectivity index (χ4v) is 2.90. The van der Waals surface area contributed by atoms with Gasteiger partial charge in [0.25, 0.3) is 0 Å². The van der Waals surface area contributed by atoms with Crippen molar-refractivity contribution in [1.29, 1.82) is 0 Å². The number of alkyl halides is 1. The lowest BCUT2D eigenvalue weighted by molar-refractivity contribution is 0.563. The third kappa shape index (κ3) is 14.6. The summed E-state index contributed by atoms with van der Waals surface area (Å²) in [7, 11) is 0. The van der Waals surface area contributed by atoms with Crippen molar-refractivity contribution in [3.8, 4) is 0 Å². The van der Waals surface area contributed by atoms with E-state index in [1.54, 1.807) is 0 Å². The summed E-state index contributed by atoms with van der Waals surface area (Å²) in [5.74, 6) is 3.24. The van der Waals surface area contributed by atoms with Crippen LogP contribution >= 0.6 is 23.4 Å². The zero-order chi connectivity index (χ0) is 11.9. The maximum Gasteiger partial charge on any atom is 0.0314 e. The Kier molecular flexibility index (Phi) is 16.3. The molecule has 0 spiro atoms. The lowest BCUT2D eigenvalue weighted by Gasteiger charge is -2.02. The van der Waals surface area contributed by atoms with Crippen molar-refractivity contribution < 1.29 is 0 Å². The molecule has 0 aromatic carbocycles. The summed E-state index contributed by atoms with van der Waals surface area (Å²) < 4.78 is 0. The van der Waals surface area contributed by atoms with Gasteiger partial charge < -0.3 is 0 Å². The van der Waals surface area contributed by atoms with E-state index in [9.17, 15) is 0 Å². The maximum atomic E-state index is 5.61. The van der Waals surface area contributed by atoms with E-state index in [1.807, 2.05) is 11.8 Å². The second kappa shape index (κ2) is 15.6. The van der Waals surface area contributed by atoms with Gasteiger partial charge in [-0.25, -0.2) is 0 Å². The standard InChI is InChI=1S/C14H29ClS/c1-2-3-4-5-6-7-8-9-10-11-13-16-14-12-15/h2-14H2,1H3. The summed E-state index contributed by atoms with van der Waals surface area (Å²) in [6.07, 6.45) is 14.3. The quantitative estimate of drug-likeness (QED) is 0.296. The van der Waals surface area contributed by atoms with E-state index >= 15 is 0 Å². The number of hydrogen-bond acceptors (Lipinski definition) is 1. The minimum absolute atomic E-state index is 0.808. The first-order valence-electron chi connectivity index (χ1n) is 7.05. The number of unbranched alkanes of at least 4 members (excludes halogenated alkanes) is 9. The molecule has 2 heteroatoms. The van der Waals surface area contributed by atoms with Crippen LogP contribution in [0.15, 0.2) is 0 Å². The van der Waals surface area contributed by atoms with Gasteiger partial charge in [-0.05, 0) is 12.2 Å². The predicted octanol–water partition coefficient (Wildman–Crippen LogP) is 5.88. The second-order valence-electron chi connectivity index (χ2n) is 4.48. The normalized spacial score (nSPS) is 10.9. The molecular formula is C14H29ClS. The summed E-state index contributed by atoms with van der Waals surface area (Å²) in [6.45, 7) is 2.28. The zero-order valence-corrected chi connectivity index (χ0v) is 12.6. The van der Waals surface area contributed by atoms with Gasteiger partial charge in [-0.15, -0.1) is 11.6 Å². The lowest BCUT2D eigenvalue weighted by atomic mass is 10.1. The van der Waals surface area contributed by atoms with Crippen LogP contribution < -0.4 is 0 Å². The van der Waals surface area contributed by atoms with E-state index in [0.717, 1.165) is 11.6 Å². The fourth-order valence-electron chi connectivity index (χ4n) is 1.85. The third-order valence-electron chi connectivity index (χ3n) is 2.86. The highest BCUT2D eigenvalue weighted by atomic mass is 35.5. The van der Waals surface area contributed by atoms with Crippen molar-refractivity contribution in [1.82, 2.24) is 0 Å². The zero-order valence-electron chi connectivity index (χ0n) is 11.0. The summed E-state index contributed by atoms with van der Waals surface area (Å²) >= 11 is 7.61. The molecule has 0 aliphatic rings. The Morgan fingerprint density at radius 3 is 1.69 bits per heavy atom. The van der Waals surface area contributed by atoms with E-state index in [2.05, 4.69) is 6.92 Å². The van der Waals surface area contributed by atoms with E-state index in [4.69, 9.17) is 11.6 Å². The van der Waals surface area contributed by atoms with Crippen LogP contribution in [0.5, 0.6) is 0 Å². The highest BCUT2D eigenvalue weighted by Crippen LogP contribution is 2.12. The third-order valence-corrected chi connectivity index (χ3v) is 4.35. The SMILES string of the molecule is CCCCCCCCCCCCSCCCl. The van der Waals surface area contributed by atoms with Gasteiger partial charge in [0.2, 0.25) is 0 Å². The summed E-state index contributed by atoms with van der Waals surface area (Å²) in [5.41, 5.74) is 0. The molecule has 0 saturated carbocycles. The Morgan fingerprint density at radius 2 is 1.19 bits per heavy atom. The number of hydrogen-bond donors (Lipinski definition) is 0. The van der Waals surface area contributed by atoms with Crippen LogP contribution in [0.1, 0.15) is 71.1 Å². The average molecular weight is 265 g/mol. The lowest BCUT2D eigenvalue weighted by Crippen LogP contribution is -1.86. The van der Waals surface area contributed by atoms with Crippen molar-refractivity contribution >= 4 is 23.4 Å². The number of halogens is 1. The smallest absolute Gasteiger partial charge is 0.0314 e. The van der Waals surface area contributed by atoms with Gasteiger partial charge in [0.15, 0.2) is 0 Å². The molecule has 16 heavy (non-hydrogen) atoms. The molecule has 0 radical (unpaired) electrons. The topological polar surface area (TPSA) is 0 Å². The van der Waals surface area contributed by atoms with Gasteiger partial charge in [0, 0.05) is 11.6 Å². The Morgan fingerprint density at radius 1 is 0.688 bits per heavy atom. The van der Waals surface area contributed by atoms with Crippen molar-refractivity contribution in [2.45, 2.75) is 71.1 Å². The van der Waals surface area contributed by atoms with E-state index < -0.39 is 0 Å². The van der Waals surface area contributed by atoms with Gasteiger partial charge in [-0.3, -0.25) is 0 Å². The molecule has 0 unspecified atom stereocenters. The first kappa shape index (κ1) is 16.6. The highest BCUT2D eigenvalue weighted by Gasteiger charge is 1.93. The van der Waals surface area contributed by atoms with Gasteiger partial charge in [-0.2, -0.15) is 11.8 Å². The predicted molar refractivity (Wildman–Crippen MR) is 79.9 cm³/mol. The van der Waals surface area contributed by atoms with E-state index in [0.29, 0.717) is 0 Å². The van der Waals surface area contributed by atoms with Crippen molar-refractivity contribution in [3.63, 3.8) is 0 Å². The second-order valence-corrected chi connectivity index (χ2v) is 6.09. The van der Waals surface area contributed by atoms with Crippen molar-refractivity contribution in [3.05, 3.63) is 0 Å². The fraction of sp³-hybridized carbons (Fsp3) is 1.00. The molecule has 0 nitrogen and oxygen atoms in total. The van der Waals surface area contributed by atoms with Crippen LogP contribution in [0.3, 0.4) is 0 Å². The highest BCUT2D eigenvalue weighted by molar-refractivity contribution is 7.99. The van der Waals surface area contributed by atoms with Crippen LogP contribution in [0, 0.1) is 0 Å². The molecule has 0 aliphatic heterocycles. The summed E-state index contributed by atoms with van der Waals surface area (Å²) in [5, 5.41) is 0. The van der Waals surface area contributed by atoms with Gasteiger partial charge >= 0.3 is 0 Å². The molecule has 0 fully saturated rings. The monoisotopic (exact) mass is 264 g/mol. The van der Waals surface area contributed by atoms with Crippen molar-refractivity contribution in [2.75, 3.05) is 17.4 Å². The molecule has 0 aromatic rings. The first-order chi connectivity index (χ1) is 7.91. The van der Waals surface area contributed by atoms with Crippen LogP contribution in [-0.2, 0) is 0 Å². The maximum absolute atomic E-state index is 5.61. The summed E-state index contributed by atoms with van der Waals surface area (Å²) in [4.78, 5) is 0. The number of rotatable bonds is 13. The molecule has 0 saturated heterocycles. The molecule has 0 N–H and O–H groups in total. The van der Waals surface area contributed by atoms with Crippen LogP contribution in [0.4, 0.5) is 0 Å². The van der Waals surface area contributed by atoms with Crippen LogP contribution in [-0.4, -0.2) is 17.4 Å². The minimum atomic E-state index is 0.808. The molecule has 0 rings (SSSR count). The van der Waals surface area contributed by atoms with Crippen LogP contribution in [0.2, 0.25) is 0 Å². The minimum Gasteiger partial charge on any atom is -0.161 e. The number of thioether (sulfide) groups is 1. The first-order valence-corrected chi connectivity index (χ1v) is 8.74. The Labute approximate surface area is 112 Å². The van der Waals surface area contributed by atoms with Crippen LogP contribution in [0.25, 0.3) is 0 Å². The van der Waals surface area contributed by atoms with Gasteiger partial charge in [0.1, 0.15) is 0 Å². The molecule has 0 atom stereocenters. The molecule has 0 aromatic heterocycles. The van der Waals surface area contributed by atoms with Gasteiger partial charge in [-0.1, -0.05) is 64.7 Å². The van der Waals surface area contributed by atoms with E-state index in [-0.39, 0.29) is 0 Å². The molecule has 0 bridgehead atoms. The molecule has 98 valence electrons. The molecular weight excluding hydrogens is 236 g/mol. The van der Waals surface area contributed by atoms with E-state index in [1.165, 1.54) is 70.0 Å². The van der Waals surface area contributed by atoms with Gasteiger partial charge in [0.05, 0.1) is 0 Å². The average Bonchev–Trinajstić information content (AvgIpc) is 2.31. The Hall–Kier alpha value is 0.640. The van der Waals surface area contributed by atoms with Crippen molar-refractivity contribution in [2.24, 2.45) is 0 Å². The molecule has 0 aliphatic carbocycles.